The normalized spacial score (nSPS) is 17.2. The van der Waals surface area contributed by atoms with E-state index < -0.39 is 5.91 Å². The molecule has 1 aliphatic carbocycles. The van der Waals surface area contributed by atoms with Crippen molar-refractivity contribution in [3.8, 4) is 0 Å². The number of allylic oxidation sites excluding steroid dienone is 1. The molecule has 4 rings (SSSR count). The summed E-state index contributed by atoms with van der Waals surface area (Å²) in [6.07, 6.45) is 5.24. The Bertz CT molecular complexity index is 1160. The smallest absolute Gasteiger partial charge is 0.255 e. The molecule has 0 aliphatic heterocycles. The van der Waals surface area contributed by atoms with Gasteiger partial charge in [-0.3, -0.25) is 9.59 Å². The van der Waals surface area contributed by atoms with E-state index in [0.29, 0.717) is 11.5 Å². The number of furan rings is 1. The SMILES string of the molecule is CC1CC(=Cc2ccco2)c2nc3ccccc3c(C(=O)N(CC(N)=O)C(C)C)c2C1. The molecule has 6 heteroatoms. The van der Waals surface area contributed by atoms with Gasteiger partial charge in [0.25, 0.3) is 5.91 Å². The number of primary amides is 1. The number of benzene rings is 1. The van der Waals surface area contributed by atoms with Crippen molar-refractivity contribution in [1.29, 1.82) is 0 Å². The van der Waals surface area contributed by atoms with Crippen LogP contribution >= 0.6 is 0 Å². The quantitative estimate of drug-likeness (QED) is 0.671. The van der Waals surface area contributed by atoms with Gasteiger partial charge in [0.05, 0.1) is 29.6 Å². The number of nitrogens with two attached hydrogens (primary N) is 1. The van der Waals surface area contributed by atoms with Crippen LogP contribution in [0.25, 0.3) is 22.6 Å². The Labute approximate surface area is 181 Å². The van der Waals surface area contributed by atoms with Gasteiger partial charge < -0.3 is 15.1 Å². The van der Waals surface area contributed by atoms with Crippen molar-refractivity contribution < 1.29 is 14.0 Å². The Morgan fingerprint density at radius 3 is 2.68 bits per heavy atom. The van der Waals surface area contributed by atoms with Crippen LogP contribution in [0, 0.1) is 5.92 Å². The summed E-state index contributed by atoms with van der Waals surface area (Å²) in [5.74, 6) is 0.387. The number of rotatable bonds is 5. The highest BCUT2D eigenvalue weighted by Crippen LogP contribution is 2.39. The molecule has 6 nitrogen and oxygen atoms in total. The van der Waals surface area contributed by atoms with Gasteiger partial charge in [0.1, 0.15) is 5.76 Å². The monoisotopic (exact) mass is 417 g/mol. The van der Waals surface area contributed by atoms with Crippen molar-refractivity contribution in [3.63, 3.8) is 0 Å². The maximum absolute atomic E-state index is 13.8. The lowest BCUT2D eigenvalue weighted by Crippen LogP contribution is -2.43. The molecular formula is C25H27N3O3. The van der Waals surface area contributed by atoms with Crippen molar-refractivity contribution in [1.82, 2.24) is 9.88 Å². The van der Waals surface area contributed by atoms with Crippen molar-refractivity contribution in [2.45, 2.75) is 39.7 Å². The third-order valence-electron chi connectivity index (χ3n) is 5.70. The zero-order valence-corrected chi connectivity index (χ0v) is 18.1. The zero-order valence-electron chi connectivity index (χ0n) is 18.1. The van der Waals surface area contributed by atoms with Crippen LogP contribution in [0.5, 0.6) is 0 Å². The number of hydrogen-bond donors (Lipinski definition) is 1. The van der Waals surface area contributed by atoms with Crippen LogP contribution in [-0.4, -0.2) is 34.3 Å². The summed E-state index contributed by atoms with van der Waals surface area (Å²) in [6.45, 7) is 5.83. The fourth-order valence-corrected chi connectivity index (χ4v) is 4.33. The van der Waals surface area contributed by atoms with Crippen LogP contribution in [0.1, 0.15) is 54.6 Å². The first-order chi connectivity index (χ1) is 14.8. The van der Waals surface area contributed by atoms with Crippen molar-refractivity contribution in [2.24, 2.45) is 11.7 Å². The Morgan fingerprint density at radius 2 is 2.00 bits per heavy atom. The van der Waals surface area contributed by atoms with Gasteiger partial charge in [0, 0.05) is 11.4 Å². The lowest BCUT2D eigenvalue weighted by atomic mass is 9.80. The van der Waals surface area contributed by atoms with Gasteiger partial charge in [0.2, 0.25) is 5.91 Å². The molecule has 160 valence electrons. The Balaban J connectivity index is 1.96. The summed E-state index contributed by atoms with van der Waals surface area (Å²) in [4.78, 5) is 32.0. The highest BCUT2D eigenvalue weighted by molar-refractivity contribution is 6.09. The number of hydrogen-bond acceptors (Lipinski definition) is 4. The molecule has 2 amide bonds. The summed E-state index contributed by atoms with van der Waals surface area (Å²) in [5.41, 5.74) is 9.64. The minimum Gasteiger partial charge on any atom is -0.465 e. The third-order valence-corrected chi connectivity index (χ3v) is 5.70. The van der Waals surface area contributed by atoms with E-state index in [1.54, 1.807) is 11.2 Å². The number of carbonyl (C=O) groups is 2. The van der Waals surface area contributed by atoms with Crippen molar-refractivity contribution in [3.05, 3.63) is 65.2 Å². The van der Waals surface area contributed by atoms with Crippen LogP contribution in [0.3, 0.4) is 0 Å². The van der Waals surface area contributed by atoms with Crippen LogP contribution < -0.4 is 5.73 Å². The van der Waals surface area contributed by atoms with Crippen LogP contribution in [0.15, 0.2) is 47.1 Å². The van der Waals surface area contributed by atoms with E-state index >= 15 is 0 Å². The van der Waals surface area contributed by atoms with E-state index in [1.165, 1.54) is 0 Å². The molecule has 2 heterocycles. The fourth-order valence-electron chi connectivity index (χ4n) is 4.33. The second-order valence-electron chi connectivity index (χ2n) is 8.52. The van der Waals surface area contributed by atoms with E-state index in [9.17, 15) is 9.59 Å². The number of carbonyl (C=O) groups excluding carboxylic acids is 2. The molecule has 31 heavy (non-hydrogen) atoms. The first-order valence-electron chi connectivity index (χ1n) is 10.6. The number of nitrogens with zero attached hydrogens (tertiary/aromatic N) is 2. The van der Waals surface area contributed by atoms with Gasteiger partial charge in [0.15, 0.2) is 0 Å². The van der Waals surface area contributed by atoms with Gasteiger partial charge in [-0.2, -0.15) is 0 Å². The molecule has 3 aromatic rings. The Hall–Kier alpha value is -3.41. The van der Waals surface area contributed by atoms with Crippen LogP contribution in [-0.2, 0) is 11.2 Å². The summed E-state index contributed by atoms with van der Waals surface area (Å²) in [7, 11) is 0. The second kappa shape index (κ2) is 8.38. The fraction of sp³-hybridized carbons (Fsp3) is 0.320. The Kier molecular flexibility index (Phi) is 5.63. The molecule has 1 aromatic carbocycles. The molecule has 2 N–H and O–H groups in total. The first kappa shape index (κ1) is 20.8. The molecule has 1 unspecified atom stereocenters. The first-order valence-corrected chi connectivity index (χ1v) is 10.6. The van der Waals surface area contributed by atoms with E-state index in [4.69, 9.17) is 15.1 Å². The standard InChI is InChI=1S/C25H27N3O3/c1-15(2)28(14-22(26)29)25(30)23-19-8-4-5-9-21(19)27-24-17(11-16(3)12-20(23)24)13-18-7-6-10-31-18/h4-10,13,15-16H,11-12,14H2,1-3H3,(H2,26,29). The number of amides is 2. The topological polar surface area (TPSA) is 89.4 Å². The summed E-state index contributed by atoms with van der Waals surface area (Å²) < 4.78 is 5.53. The molecule has 1 atom stereocenters. The van der Waals surface area contributed by atoms with Gasteiger partial charge >= 0.3 is 0 Å². The molecule has 0 radical (unpaired) electrons. The average Bonchev–Trinajstić information content (AvgIpc) is 3.23. The van der Waals surface area contributed by atoms with Crippen molar-refractivity contribution in [2.75, 3.05) is 6.54 Å². The summed E-state index contributed by atoms with van der Waals surface area (Å²) in [5, 5.41) is 0.799. The summed E-state index contributed by atoms with van der Waals surface area (Å²) >= 11 is 0. The maximum atomic E-state index is 13.8. The zero-order chi connectivity index (χ0) is 22.1. The minimum absolute atomic E-state index is 0.118. The molecule has 0 spiro atoms. The number of fused-ring (bicyclic) bond motifs is 2. The van der Waals surface area contributed by atoms with E-state index in [2.05, 4.69) is 6.92 Å². The lowest BCUT2D eigenvalue weighted by Gasteiger charge is -2.30. The van der Waals surface area contributed by atoms with E-state index in [-0.39, 0.29) is 18.5 Å². The van der Waals surface area contributed by atoms with Crippen LogP contribution in [0.2, 0.25) is 0 Å². The number of aromatic nitrogens is 1. The number of pyridine rings is 1. The third kappa shape index (κ3) is 4.10. The largest absolute Gasteiger partial charge is 0.465 e. The molecule has 1 aliphatic rings. The molecule has 0 saturated carbocycles. The van der Waals surface area contributed by atoms with Gasteiger partial charge in [-0.05, 0) is 68.0 Å². The molecular weight excluding hydrogens is 390 g/mol. The average molecular weight is 418 g/mol. The van der Waals surface area contributed by atoms with Gasteiger partial charge in [-0.25, -0.2) is 4.98 Å². The molecule has 0 fully saturated rings. The molecule has 0 bridgehead atoms. The minimum atomic E-state index is -0.527. The predicted molar refractivity (Wildman–Crippen MR) is 121 cm³/mol. The molecule has 0 saturated heterocycles. The van der Waals surface area contributed by atoms with Crippen molar-refractivity contribution >= 4 is 34.4 Å². The predicted octanol–water partition coefficient (Wildman–Crippen LogP) is 4.29. The van der Waals surface area contributed by atoms with Gasteiger partial charge in [-0.15, -0.1) is 0 Å². The van der Waals surface area contributed by atoms with Gasteiger partial charge in [-0.1, -0.05) is 25.1 Å². The highest BCUT2D eigenvalue weighted by atomic mass is 16.3. The highest BCUT2D eigenvalue weighted by Gasteiger charge is 2.31. The van der Waals surface area contributed by atoms with Crippen LogP contribution in [0.4, 0.5) is 0 Å². The van der Waals surface area contributed by atoms with E-state index in [0.717, 1.165) is 46.3 Å². The Morgan fingerprint density at radius 1 is 1.23 bits per heavy atom. The lowest BCUT2D eigenvalue weighted by molar-refractivity contribution is -0.119. The summed E-state index contributed by atoms with van der Waals surface area (Å²) in [6, 6.07) is 11.3. The molecule has 2 aromatic heterocycles. The second-order valence-corrected chi connectivity index (χ2v) is 8.52. The van der Waals surface area contributed by atoms with E-state index in [1.807, 2.05) is 56.3 Å². The maximum Gasteiger partial charge on any atom is 0.255 e. The number of para-hydroxylation sites is 1.